The fourth-order valence-corrected chi connectivity index (χ4v) is 2.30. The summed E-state index contributed by atoms with van der Waals surface area (Å²) in [5.74, 6) is -0.312. The topological polar surface area (TPSA) is 38.0 Å². The fourth-order valence-electron chi connectivity index (χ4n) is 1.94. The van der Waals surface area contributed by atoms with E-state index in [0.717, 1.165) is 13.0 Å². The Balaban J connectivity index is 2.00. The van der Waals surface area contributed by atoms with Crippen molar-refractivity contribution in [1.82, 2.24) is 0 Å². The number of nitrogens with two attached hydrogens (primary N) is 1. The van der Waals surface area contributed by atoms with E-state index < -0.39 is 0 Å². The lowest BCUT2D eigenvalue weighted by Gasteiger charge is -2.11. The van der Waals surface area contributed by atoms with E-state index in [4.69, 9.17) is 5.73 Å². The Morgan fingerprint density at radius 3 is 2.74 bits per heavy atom. The Labute approximate surface area is 121 Å². The van der Waals surface area contributed by atoms with E-state index in [1.54, 1.807) is 6.07 Å². The standard InChI is InChI=1S/C15H16BrFN2/c1-10-4-2-3-5-11(10)6-7-19-15-9-13(17)12(16)8-14(15)18/h2-5,8-9,19H,6-7,18H2,1H3. The molecule has 0 atom stereocenters. The molecule has 19 heavy (non-hydrogen) atoms. The van der Waals surface area contributed by atoms with Crippen molar-refractivity contribution in [2.75, 3.05) is 17.6 Å². The van der Waals surface area contributed by atoms with Crippen molar-refractivity contribution in [2.24, 2.45) is 0 Å². The van der Waals surface area contributed by atoms with E-state index in [9.17, 15) is 4.39 Å². The summed E-state index contributed by atoms with van der Waals surface area (Å²) >= 11 is 3.11. The van der Waals surface area contributed by atoms with Gasteiger partial charge in [0.15, 0.2) is 0 Å². The number of nitrogen functional groups attached to an aromatic ring is 1. The second-order valence-electron chi connectivity index (χ2n) is 4.46. The summed E-state index contributed by atoms with van der Waals surface area (Å²) in [6.07, 6.45) is 0.879. The van der Waals surface area contributed by atoms with Gasteiger partial charge in [-0.05, 0) is 46.5 Å². The van der Waals surface area contributed by atoms with Crippen molar-refractivity contribution in [1.29, 1.82) is 0 Å². The normalized spacial score (nSPS) is 10.5. The number of benzene rings is 2. The van der Waals surface area contributed by atoms with Crippen LogP contribution in [-0.2, 0) is 6.42 Å². The Bertz CT molecular complexity index is 584. The number of aryl methyl sites for hydroxylation is 1. The summed E-state index contributed by atoms with van der Waals surface area (Å²) in [7, 11) is 0. The molecule has 0 saturated carbocycles. The van der Waals surface area contributed by atoms with Crippen molar-refractivity contribution in [3.05, 3.63) is 57.8 Å². The molecule has 0 radical (unpaired) electrons. The summed E-state index contributed by atoms with van der Waals surface area (Å²) in [6, 6.07) is 11.2. The Kier molecular flexibility index (Phi) is 4.43. The van der Waals surface area contributed by atoms with Gasteiger partial charge in [-0.15, -0.1) is 0 Å². The highest BCUT2D eigenvalue weighted by Crippen LogP contribution is 2.26. The van der Waals surface area contributed by atoms with Crippen LogP contribution in [0.2, 0.25) is 0 Å². The third-order valence-corrected chi connectivity index (χ3v) is 3.67. The van der Waals surface area contributed by atoms with Gasteiger partial charge in [0.25, 0.3) is 0 Å². The molecule has 0 fully saturated rings. The third kappa shape index (κ3) is 3.47. The molecule has 0 unspecified atom stereocenters. The van der Waals surface area contributed by atoms with Gasteiger partial charge in [0.1, 0.15) is 5.82 Å². The third-order valence-electron chi connectivity index (χ3n) is 3.06. The van der Waals surface area contributed by atoms with Gasteiger partial charge in [-0.1, -0.05) is 24.3 Å². The van der Waals surface area contributed by atoms with Gasteiger partial charge >= 0.3 is 0 Å². The first kappa shape index (κ1) is 13.9. The van der Waals surface area contributed by atoms with Crippen molar-refractivity contribution in [2.45, 2.75) is 13.3 Å². The van der Waals surface area contributed by atoms with Crippen LogP contribution in [0.3, 0.4) is 0 Å². The van der Waals surface area contributed by atoms with Gasteiger partial charge in [-0.3, -0.25) is 0 Å². The molecule has 2 aromatic carbocycles. The predicted octanol–water partition coefficient (Wildman–Crippen LogP) is 4.13. The second kappa shape index (κ2) is 6.06. The highest BCUT2D eigenvalue weighted by molar-refractivity contribution is 9.10. The quantitative estimate of drug-likeness (QED) is 0.830. The zero-order valence-electron chi connectivity index (χ0n) is 10.7. The van der Waals surface area contributed by atoms with Crippen molar-refractivity contribution < 1.29 is 4.39 Å². The molecule has 2 nitrogen and oxygen atoms in total. The van der Waals surface area contributed by atoms with Gasteiger partial charge in [0, 0.05) is 12.6 Å². The van der Waals surface area contributed by atoms with Crippen LogP contribution in [0.25, 0.3) is 0 Å². The SMILES string of the molecule is Cc1ccccc1CCNc1cc(F)c(Br)cc1N. The monoisotopic (exact) mass is 322 g/mol. The Morgan fingerprint density at radius 1 is 1.26 bits per heavy atom. The minimum Gasteiger partial charge on any atom is -0.397 e. The molecule has 0 heterocycles. The van der Waals surface area contributed by atoms with E-state index in [1.807, 2.05) is 12.1 Å². The van der Waals surface area contributed by atoms with E-state index >= 15 is 0 Å². The number of halogens is 2. The van der Waals surface area contributed by atoms with Crippen LogP contribution in [0.5, 0.6) is 0 Å². The molecule has 2 rings (SSSR count). The Hall–Kier alpha value is -1.55. The molecule has 0 aliphatic carbocycles. The van der Waals surface area contributed by atoms with E-state index in [0.29, 0.717) is 15.8 Å². The maximum absolute atomic E-state index is 13.4. The lowest BCUT2D eigenvalue weighted by Crippen LogP contribution is -2.08. The first-order valence-corrected chi connectivity index (χ1v) is 6.90. The summed E-state index contributed by atoms with van der Waals surface area (Å²) < 4.78 is 13.8. The molecule has 2 aromatic rings. The number of hydrogen-bond donors (Lipinski definition) is 2. The number of anilines is 2. The summed E-state index contributed by atoms with van der Waals surface area (Å²) in [4.78, 5) is 0. The van der Waals surface area contributed by atoms with Crippen LogP contribution in [0, 0.1) is 12.7 Å². The van der Waals surface area contributed by atoms with Crippen molar-refractivity contribution in [3.63, 3.8) is 0 Å². The molecule has 4 heteroatoms. The van der Waals surface area contributed by atoms with Crippen LogP contribution < -0.4 is 11.1 Å². The molecule has 0 bridgehead atoms. The predicted molar refractivity (Wildman–Crippen MR) is 81.9 cm³/mol. The van der Waals surface area contributed by atoms with Gasteiger partial charge < -0.3 is 11.1 Å². The minimum absolute atomic E-state index is 0.312. The molecular weight excluding hydrogens is 307 g/mol. The van der Waals surface area contributed by atoms with Gasteiger partial charge in [0.05, 0.1) is 15.8 Å². The summed E-state index contributed by atoms with van der Waals surface area (Å²) in [5, 5.41) is 3.17. The fraction of sp³-hybridized carbons (Fsp3) is 0.200. The van der Waals surface area contributed by atoms with E-state index in [-0.39, 0.29) is 5.82 Å². The summed E-state index contributed by atoms with van der Waals surface area (Å²) in [5.41, 5.74) is 9.56. The van der Waals surface area contributed by atoms with Crippen LogP contribution in [-0.4, -0.2) is 6.54 Å². The average molecular weight is 323 g/mol. The first-order chi connectivity index (χ1) is 9.08. The lowest BCUT2D eigenvalue weighted by molar-refractivity contribution is 0.622. The second-order valence-corrected chi connectivity index (χ2v) is 5.31. The number of hydrogen-bond acceptors (Lipinski definition) is 2. The first-order valence-electron chi connectivity index (χ1n) is 6.11. The molecule has 3 N–H and O–H groups in total. The van der Waals surface area contributed by atoms with E-state index in [2.05, 4.69) is 40.3 Å². The number of rotatable bonds is 4. The molecule has 0 saturated heterocycles. The zero-order valence-corrected chi connectivity index (χ0v) is 12.3. The zero-order chi connectivity index (χ0) is 13.8. The molecule has 0 aromatic heterocycles. The molecule has 0 aliphatic heterocycles. The van der Waals surface area contributed by atoms with Crippen LogP contribution in [0.4, 0.5) is 15.8 Å². The minimum atomic E-state index is -0.312. The molecule has 0 spiro atoms. The lowest BCUT2D eigenvalue weighted by atomic mass is 10.1. The largest absolute Gasteiger partial charge is 0.397 e. The maximum Gasteiger partial charge on any atom is 0.139 e. The van der Waals surface area contributed by atoms with Crippen LogP contribution in [0.15, 0.2) is 40.9 Å². The maximum atomic E-state index is 13.4. The van der Waals surface area contributed by atoms with Gasteiger partial charge in [-0.2, -0.15) is 0 Å². The average Bonchev–Trinajstić information content (AvgIpc) is 2.38. The van der Waals surface area contributed by atoms with Crippen LogP contribution >= 0.6 is 15.9 Å². The van der Waals surface area contributed by atoms with Crippen molar-refractivity contribution >= 4 is 27.3 Å². The molecule has 0 aliphatic rings. The summed E-state index contributed by atoms with van der Waals surface area (Å²) in [6.45, 7) is 2.80. The number of nitrogens with one attached hydrogen (secondary N) is 1. The molecular formula is C15H16BrFN2. The van der Waals surface area contributed by atoms with Crippen LogP contribution in [0.1, 0.15) is 11.1 Å². The molecule has 0 amide bonds. The van der Waals surface area contributed by atoms with E-state index in [1.165, 1.54) is 17.2 Å². The highest BCUT2D eigenvalue weighted by Gasteiger charge is 2.05. The molecule has 100 valence electrons. The Morgan fingerprint density at radius 2 is 2.00 bits per heavy atom. The van der Waals surface area contributed by atoms with Gasteiger partial charge in [-0.25, -0.2) is 4.39 Å². The van der Waals surface area contributed by atoms with Crippen molar-refractivity contribution in [3.8, 4) is 0 Å². The highest BCUT2D eigenvalue weighted by atomic mass is 79.9. The van der Waals surface area contributed by atoms with Gasteiger partial charge in [0.2, 0.25) is 0 Å². The smallest absolute Gasteiger partial charge is 0.139 e.